The molecule has 2 heterocycles. The molecule has 1 atom stereocenters. The zero-order chi connectivity index (χ0) is 23.8. The van der Waals surface area contributed by atoms with Gasteiger partial charge in [0.2, 0.25) is 5.91 Å². The van der Waals surface area contributed by atoms with Crippen LogP contribution in [0.15, 0.2) is 91.0 Å². The van der Waals surface area contributed by atoms with Crippen LogP contribution in [-0.2, 0) is 11.3 Å². The number of hydrogen-bond acceptors (Lipinski definition) is 3. The summed E-state index contributed by atoms with van der Waals surface area (Å²) in [4.78, 5) is 20.1. The van der Waals surface area contributed by atoms with E-state index >= 15 is 0 Å². The number of hydrogen-bond donors (Lipinski definition) is 0. The van der Waals surface area contributed by atoms with Gasteiger partial charge in [-0.1, -0.05) is 66.7 Å². The molecule has 1 aliphatic heterocycles. The van der Waals surface area contributed by atoms with Crippen LogP contribution in [0.5, 0.6) is 5.75 Å². The first-order chi connectivity index (χ1) is 17.2. The van der Waals surface area contributed by atoms with Gasteiger partial charge in [-0.25, -0.2) is 4.98 Å². The minimum Gasteiger partial charge on any atom is -0.492 e. The lowest BCUT2D eigenvalue weighted by Gasteiger charge is -2.20. The molecule has 0 bridgehead atoms. The molecule has 5 aromatic rings. The number of fused-ring (bicyclic) bond motifs is 2. The molecular weight excluding hydrogens is 434 g/mol. The molecule has 1 fully saturated rings. The molecule has 174 valence electrons. The third-order valence-corrected chi connectivity index (χ3v) is 6.84. The van der Waals surface area contributed by atoms with Crippen molar-refractivity contribution in [3.8, 4) is 5.75 Å². The summed E-state index contributed by atoms with van der Waals surface area (Å²) in [5.74, 6) is 1.81. The van der Waals surface area contributed by atoms with Gasteiger partial charge in [0.15, 0.2) is 0 Å². The summed E-state index contributed by atoms with van der Waals surface area (Å²) in [6.45, 7) is 3.81. The quantitative estimate of drug-likeness (QED) is 0.304. The third-order valence-electron chi connectivity index (χ3n) is 6.84. The fraction of sp³-hybridized carbons (Fsp3) is 0.200. The van der Waals surface area contributed by atoms with Crippen LogP contribution >= 0.6 is 0 Å². The van der Waals surface area contributed by atoms with E-state index in [1.54, 1.807) is 0 Å². The maximum atomic E-state index is 13.2. The average Bonchev–Trinajstić information content (AvgIpc) is 3.45. The second kappa shape index (κ2) is 8.91. The number of nitrogens with zero attached hydrogens (tertiary/aromatic N) is 3. The van der Waals surface area contributed by atoms with E-state index in [9.17, 15) is 4.79 Å². The van der Waals surface area contributed by atoms with Gasteiger partial charge in [0.25, 0.3) is 0 Å². The van der Waals surface area contributed by atoms with E-state index in [2.05, 4.69) is 65.2 Å². The molecule has 0 N–H and O–H groups in total. The van der Waals surface area contributed by atoms with Gasteiger partial charge >= 0.3 is 0 Å². The van der Waals surface area contributed by atoms with Crippen LogP contribution in [0, 0.1) is 0 Å². The largest absolute Gasteiger partial charge is 0.492 e. The van der Waals surface area contributed by atoms with Crippen LogP contribution in [0.3, 0.4) is 0 Å². The molecule has 35 heavy (non-hydrogen) atoms. The summed E-state index contributed by atoms with van der Waals surface area (Å²) in [7, 11) is 0. The van der Waals surface area contributed by atoms with Gasteiger partial charge in [-0.2, -0.15) is 0 Å². The second-order valence-electron chi connectivity index (χ2n) is 8.99. The van der Waals surface area contributed by atoms with Gasteiger partial charge in [-0.3, -0.25) is 4.79 Å². The first kappa shape index (κ1) is 21.4. The third kappa shape index (κ3) is 3.83. The number of carbonyl (C=O) groups is 1. The van der Waals surface area contributed by atoms with Gasteiger partial charge in [0.1, 0.15) is 11.6 Å². The van der Waals surface area contributed by atoms with Crippen molar-refractivity contribution in [3.63, 3.8) is 0 Å². The van der Waals surface area contributed by atoms with E-state index in [0.29, 0.717) is 26.1 Å². The lowest BCUT2D eigenvalue weighted by atomic mass is 10.0. The van der Waals surface area contributed by atoms with Crippen molar-refractivity contribution in [2.45, 2.75) is 25.8 Å². The summed E-state index contributed by atoms with van der Waals surface area (Å²) in [5, 5.41) is 2.47. The molecule has 6 rings (SSSR count). The highest BCUT2D eigenvalue weighted by Crippen LogP contribution is 2.37. The number of rotatable bonds is 6. The number of anilines is 1. The van der Waals surface area contributed by atoms with E-state index in [1.807, 2.05) is 42.2 Å². The van der Waals surface area contributed by atoms with Gasteiger partial charge in [-0.05, 0) is 47.5 Å². The second-order valence-corrected chi connectivity index (χ2v) is 8.99. The highest BCUT2D eigenvalue weighted by molar-refractivity contribution is 5.98. The number of amides is 1. The molecule has 0 saturated carbocycles. The number of para-hydroxylation sites is 4. The van der Waals surface area contributed by atoms with Gasteiger partial charge in [-0.15, -0.1) is 0 Å². The summed E-state index contributed by atoms with van der Waals surface area (Å²) >= 11 is 0. The Bertz CT molecular complexity index is 1530. The maximum Gasteiger partial charge on any atom is 0.227 e. The molecule has 1 saturated heterocycles. The number of imidazole rings is 1. The molecule has 0 aliphatic carbocycles. The summed E-state index contributed by atoms with van der Waals surface area (Å²) in [6.07, 6.45) is 0.430. The van der Waals surface area contributed by atoms with Crippen molar-refractivity contribution in [3.05, 3.63) is 102 Å². The van der Waals surface area contributed by atoms with Gasteiger partial charge < -0.3 is 14.2 Å². The zero-order valence-corrected chi connectivity index (χ0v) is 19.7. The minimum atomic E-state index is -0.000408. The Morgan fingerprint density at radius 3 is 2.60 bits per heavy atom. The monoisotopic (exact) mass is 461 g/mol. The van der Waals surface area contributed by atoms with E-state index < -0.39 is 0 Å². The summed E-state index contributed by atoms with van der Waals surface area (Å²) < 4.78 is 8.11. The van der Waals surface area contributed by atoms with Gasteiger partial charge in [0, 0.05) is 25.4 Å². The summed E-state index contributed by atoms with van der Waals surface area (Å²) in [6, 6.07) is 31.0. The molecule has 5 heteroatoms. The molecule has 0 radical (unpaired) electrons. The normalized spacial score (nSPS) is 15.9. The van der Waals surface area contributed by atoms with Crippen LogP contribution in [0.2, 0.25) is 0 Å². The Kier molecular flexibility index (Phi) is 5.45. The highest BCUT2D eigenvalue weighted by Gasteiger charge is 2.36. The molecule has 1 unspecified atom stereocenters. The number of carbonyl (C=O) groups excluding carboxylic acids is 1. The molecular formula is C30H27N3O2. The molecule has 5 nitrogen and oxygen atoms in total. The first-order valence-corrected chi connectivity index (χ1v) is 12.2. The Morgan fingerprint density at radius 2 is 1.69 bits per heavy atom. The van der Waals surface area contributed by atoms with E-state index in [4.69, 9.17) is 9.72 Å². The van der Waals surface area contributed by atoms with Crippen LogP contribution in [0.25, 0.3) is 21.8 Å². The predicted molar refractivity (Wildman–Crippen MR) is 140 cm³/mol. The van der Waals surface area contributed by atoms with Crippen molar-refractivity contribution in [1.29, 1.82) is 0 Å². The molecule has 0 spiro atoms. The van der Waals surface area contributed by atoms with Crippen LogP contribution in [-0.4, -0.2) is 28.6 Å². The van der Waals surface area contributed by atoms with Crippen molar-refractivity contribution < 1.29 is 9.53 Å². The van der Waals surface area contributed by atoms with Crippen molar-refractivity contribution in [1.82, 2.24) is 9.55 Å². The topological polar surface area (TPSA) is 47.4 Å². The smallest absolute Gasteiger partial charge is 0.227 e. The molecule has 1 amide bonds. The van der Waals surface area contributed by atoms with Gasteiger partial charge in [0.05, 0.1) is 23.3 Å². The Morgan fingerprint density at radius 1 is 0.914 bits per heavy atom. The lowest BCUT2D eigenvalue weighted by molar-refractivity contribution is -0.117. The minimum absolute atomic E-state index is 0.000408. The standard InChI is InChI=1S/C30H27N3O2/c1-2-35-28-17-8-7-16-27(28)32-20-23(18-29(32)34)30-31-25-14-5-6-15-26(25)33(30)19-22-12-9-11-21-10-3-4-13-24(21)22/h3-17,23H,2,18-20H2,1H3. The lowest BCUT2D eigenvalue weighted by Crippen LogP contribution is -2.25. The fourth-order valence-electron chi connectivity index (χ4n) is 5.24. The first-order valence-electron chi connectivity index (χ1n) is 12.2. The number of ether oxygens (including phenoxy) is 1. The highest BCUT2D eigenvalue weighted by atomic mass is 16.5. The SMILES string of the molecule is CCOc1ccccc1N1CC(c2nc3ccccc3n2Cc2cccc3ccccc23)CC1=O. The summed E-state index contributed by atoms with van der Waals surface area (Å²) in [5.41, 5.74) is 4.13. The molecule has 1 aliphatic rings. The molecule has 1 aromatic heterocycles. The van der Waals surface area contributed by atoms with E-state index in [-0.39, 0.29) is 11.8 Å². The predicted octanol–water partition coefficient (Wildman–Crippen LogP) is 6.16. The Labute approximate surface area is 204 Å². The molecule has 4 aromatic carbocycles. The zero-order valence-electron chi connectivity index (χ0n) is 19.7. The van der Waals surface area contributed by atoms with E-state index in [1.165, 1.54) is 16.3 Å². The van der Waals surface area contributed by atoms with Crippen LogP contribution < -0.4 is 9.64 Å². The van der Waals surface area contributed by atoms with Crippen molar-refractivity contribution in [2.75, 3.05) is 18.1 Å². The van der Waals surface area contributed by atoms with E-state index in [0.717, 1.165) is 28.3 Å². The Hall–Kier alpha value is -4.12. The average molecular weight is 462 g/mol. The van der Waals surface area contributed by atoms with Crippen molar-refractivity contribution in [2.24, 2.45) is 0 Å². The number of benzene rings is 4. The number of aromatic nitrogens is 2. The Balaban J connectivity index is 1.41. The van der Waals surface area contributed by atoms with Crippen LogP contribution in [0.4, 0.5) is 5.69 Å². The van der Waals surface area contributed by atoms with Crippen LogP contribution in [0.1, 0.15) is 30.7 Å². The maximum absolute atomic E-state index is 13.2. The fourth-order valence-corrected chi connectivity index (χ4v) is 5.24. The van der Waals surface area contributed by atoms with Crippen molar-refractivity contribution >= 4 is 33.4 Å².